The van der Waals surface area contributed by atoms with Crippen molar-refractivity contribution in [2.75, 3.05) is 24.8 Å². The maximum atomic E-state index is 14.2. The van der Waals surface area contributed by atoms with E-state index >= 15 is 0 Å². The average molecular weight is 916 g/mol. The van der Waals surface area contributed by atoms with Crippen LogP contribution >= 0.6 is 30.8 Å². The van der Waals surface area contributed by atoms with Crippen molar-refractivity contribution in [3.63, 3.8) is 0 Å². The van der Waals surface area contributed by atoms with E-state index in [0.29, 0.717) is 10.7 Å². The van der Waals surface area contributed by atoms with Crippen molar-refractivity contribution < 1.29 is 70.4 Å². The molecular weight excluding hydrogens is 881 g/mol. The number of pyridine rings is 1. The zero-order valence-corrected chi connectivity index (χ0v) is 33.5. The quantitative estimate of drug-likeness (QED) is 0.0227. The molecular formula is C33H34Cl2F5N8O11P. The lowest BCUT2D eigenvalue weighted by atomic mass is 10.1. The molecule has 0 saturated heterocycles. The molecule has 0 aliphatic carbocycles. The van der Waals surface area contributed by atoms with Gasteiger partial charge in [-0.15, -0.1) is 16.7 Å². The third-order valence-electron chi connectivity index (χ3n) is 6.88. The zero-order chi connectivity index (χ0) is 45.5. The van der Waals surface area contributed by atoms with Crippen LogP contribution in [0.2, 0.25) is 5.02 Å². The Morgan fingerprint density at radius 3 is 2.22 bits per heavy atom. The van der Waals surface area contributed by atoms with E-state index in [0.717, 1.165) is 24.3 Å². The number of aliphatic carboxylic acids is 1. The van der Waals surface area contributed by atoms with Gasteiger partial charge in [-0.3, -0.25) is 24.5 Å². The van der Waals surface area contributed by atoms with E-state index in [1.54, 1.807) is 6.92 Å². The number of aromatic nitrogens is 4. The first kappa shape index (κ1) is 50.4. The van der Waals surface area contributed by atoms with Crippen LogP contribution < -0.4 is 21.7 Å². The lowest BCUT2D eigenvalue weighted by Gasteiger charge is -2.12. The van der Waals surface area contributed by atoms with Crippen LogP contribution in [0.3, 0.4) is 0 Å². The lowest BCUT2D eigenvalue weighted by molar-refractivity contribution is -0.142. The molecule has 0 aliphatic rings. The number of carboxylic acids is 2. The summed E-state index contributed by atoms with van der Waals surface area (Å²) in [6, 6.07) is 6.51. The summed E-state index contributed by atoms with van der Waals surface area (Å²) < 4.78 is 81.6. The van der Waals surface area contributed by atoms with Crippen LogP contribution in [0.25, 0.3) is 5.69 Å². The number of carbonyl (C=O) groups excluding carboxylic acids is 2. The molecule has 2 aromatic heterocycles. The second-order valence-electron chi connectivity index (χ2n) is 11.5. The topological polar surface area (TPSA) is 277 Å². The summed E-state index contributed by atoms with van der Waals surface area (Å²) in [5, 5.41) is 27.6. The van der Waals surface area contributed by atoms with E-state index in [1.807, 2.05) is 0 Å². The Labute approximate surface area is 344 Å². The largest absolute Gasteiger partial charge is 0.480 e. The molecule has 2 heterocycles. The molecule has 1 atom stereocenters. The van der Waals surface area contributed by atoms with Crippen LogP contribution in [0, 0.1) is 24.4 Å². The minimum absolute atomic E-state index is 0.0424. The molecule has 4 rings (SSSR count). The summed E-state index contributed by atoms with van der Waals surface area (Å²) in [5.41, 5.74) is 0.789. The first-order valence-corrected chi connectivity index (χ1v) is 19.0. The van der Waals surface area contributed by atoms with Crippen molar-refractivity contribution in [2.24, 2.45) is 5.10 Å². The van der Waals surface area contributed by atoms with E-state index in [2.05, 4.69) is 31.2 Å². The highest BCUT2D eigenvalue weighted by Gasteiger charge is 2.24. The molecule has 0 spiro atoms. The normalized spacial score (nSPS) is 11.7. The minimum Gasteiger partial charge on any atom is -0.480 e. The van der Waals surface area contributed by atoms with Crippen molar-refractivity contribution in [2.45, 2.75) is 39.1 Å². The van der Waals surface area contributed by atoms with Gasteiger partial charge in [-0.2, -0.15) is 18.6 Å². The van der Waals surface area contributed by atoms with Crippen molar-refractivity contribution in [1.82, 2.24) is 30.1 Å². The molecule has 19 nitrogen and oxygen atoms in total. The van der Waals surface area contributed by atoms with Crippen LogP contribution in [0.4, 0.5) is 32.4 Å². The molecule has 4 aromatic rings. The van der Waals surface area contributed by atoms with Crippen LogP contribution in [-0.2, 0) is 25.3 Å². The Morgan fingerprint density at radius 2 is 1.68 bits per heavy atom. The standard InChI is InChI=1S/C15H14Cl2F3N3O3.C15H12F2N4O3.C3H8NO5P/c1-3-26-13(24)10(17)4-8-5-12(11(18)6-9(8)16)23-15(25)22(14(19)20)7(2)21-23;1-8(13-12(14(22)23)3-2-4-18-13)20-21-15(24)19-11-6-9(16)5-10(17)7-11;5-3(6)1-4-2-10(7,8)9/h5-6,10,14H,3-4H2,1-2H3;2-7H,1H3,(H,22,23)(H2,19,21,24);4H,1-2H2,(H,5,6)(H2,7,8,9)/b;20-8+;. The number of amides is 2. The monoisotopic (exact) mass is 914 g/mol. The highest BCUT2D eigenvalue weighted by atomic mass is 35.5. The van der Waals surface area contributed by atoms with Crippen LogP contribution in [0.5, 0.6) is 0 Å². The molecule has 0 radical (unpaired) electrons. The first-order valence-electron chi connectivity index (χ1n) is 16.4. The number of aryl methyl sites for hydroxylation is 1. The van der Waals surface area contributed by atoms with E-state index < -0.39 is 79.4 Å². The molecule has 0 aliphatic heterocycles. The van der Waals surface area contributed by atoms with E-state index in [1.165, 1.54) is 32.2 Å². The number of urea groups is 1. The van der Waals surface area contributed by atoms with Crippen LogP contribution in [-0.4, -0.2) is 93.8 Å². The molecule has 60 heavy (non-hydrogen) atoms. The molecule has 27 heteroatoms. The lowest BCUT2D eigenvalue weighted by Crippen LogP contribution is -2.26. The van der Waals surface area contributed by atoms with E-state index in [4.69, 9.17) is 47.9 Å². The van der Waals surface area contributed by atoms with Gasteiger partial charge in [0.2, 0.25) is 0 Å². The summed E-state index contributed by atoms with van der Waals surface area (Å²) >= 11 is 11.9. The number of alkyl halides is 3. The Hall–Kier alpha value is -5.78. The van der Waals surface area contributed by atoms with Gasteiger partial charge in [0.15, 0.2) is 5.82 Å². The molecule has 2 amide bonds. The molecule has 0 bridgehead atoms. The van der Waals surface area contributed by atoms with Crippen molar-refractivity contribution in [1.29, 1.82) is 0 Å². The molecule has 0 saturated carbocycles. The number of hydrogen-bond acceptors (Lipinski definition) is 11. The average Bonchev–Trinajstić information content (AvgIpc) is 3.44. The summed E-state index contributed by atoms with van der Waals surface area (Å²) in [5.74, 6) is -5.94. The van der Waals surface area contributed by atoms with Gasteiger partial charge in [0, 0.05) is 29.4 Å². The summed E-state index contributed by atoms with van der Waals surface area (Å²) in [6.45, 7) is 0.821. The van der Waals surface area contributed by atoms with Gasteiger partial charge in [-0.25, -0.2) is 37.5 Å². The number of esters is 1. The number of carboxylic acid groups (broad SMARTS) is 2. The first-order chi connectivity index (χ1) is 27.9. The number of aromatic carboxylic acids is 1. The Bertz CT molecular complexity index is 2310. The Kier molecular flexibility index (Phi) is 19.4. The second-order valence-corrected chi connectivity index (χ2v) is 14.1. The number of halogens is 7. The minimum atomic E-state index is -4.10. The third kappa shape index (κ3) is 16.1. The maximum Gasteiger partial charge on any atom is 0.355 e. The molecule has 7 N–H and O–H groups in total. The summed E-state index contributed by atoms with van der Waals surface area (Å²) in [7, 11) is -4.10. The Balaban J connectivity index is 0.000000339. The summed E-state index contributed by atoms with van der Waals surface area (Å²) in [4.78, 5) is 76.5. The fourth-order valence-electron chi connectivity index (χ4n) is 4.41. The number of nitrogens with zero attached hydrogens (tertiary/aromatic N) is 5. The van der Waals surface area contributed by atoms with Crippen molar-refractivity contribution >= 4 is 66.1 Å². The van der Waals surface area contributed by atoms with Crippen molar-refractivity contribution in [3.8, 4) is 5.69 Å². The number of carbonyl (C=O) groups is 4. The van der Waals surface area contributed by atoms with E-state index in [-0.39, 0.29) is 62.3 Å². The highest BCUT2D eigenvalue weighted by Crippen LogP contribution is 2.31. The third-order valence-corrected chi connectivity index (χ3v) is 8.20. The van der Waals surface area contributed by atoms with E-state index in [9.17, 15) is 50.5 Å². The number of anilines is 1. The molecule has 2 aromatic carbocycles. The summed E-state index contributed by atoms with van der Waals surface area (Å²) in [6.07, 6.45) is 0.672. The van der Waals surface area contributed by atoms with Gasteiger partial charge < -0.3 is 30.1 Å². The maximum absolute atomic E-state index is 14.2. The van der Waals surface area contributed by atoms with Gasteiger partial charge in [0.05, 0.1) is 30.7 Å². The molecule has 0 fully saturated rings. The van der Waals surface area contributed by atoms with Crippen LogP contribution in [0.1, 0.15) is 47.8 Å². The SMILES string of the molecule is C/C(=N\NC(=O)Nc1cc(F)cc(F)c1)c1ncccc1C(=O)O.CCOC(=O)C(Cl)Cc1cc(-n2nc(C)n(C(F)F)c2=O)c(F)cc1Cl.O=C(O)CNCP(=O)(O)O. The number of hydrogen-bond donors (Lipinski definition) is 7. The number of nitrogens with one attached hydrogen (secondary N) is 3. The molecule has 326 valence electrons. The van der Waals surface area contributed by atoms with Crippen LogP contribution in [0.15, 0.2) is 58.6 Å². The number of ether oxygens (including phenoxy) is 1. The Morgan fingerprint density at radius 1 is 1.05 bits per heavy atom. The van der Waals surface area contributed by atoms with Gasteiger partial charge in [0.25, 0.3) is 0 Å². The van der Waals surface area contributed by atoms with Gasteiger partial charge in [-0.1, -0.05) is 11.6 Å². The predicted molar refractivity (Wildman–Crippen MR) is 203 cm³/mol. The number of benzene rings is 2. The fraction of sp³-hybridized carbons (Fsp3) is 0.273. The number of rotatable bonds is 14. The van der Waals surface area contributed by atoms with Gasteiger partial charge in [-0.05, 0) is 62.7 Å². The highest BCUT2D eigenvalue weighted by molar-refractivity contribution is 7.51. The van der Waals surface area contributed by atoms with Gasteiger partial charge in [0.1, 0.15) is 34.2 Å². The number of hydrazone groups is 1. The smallest absolute Gasteiger partial charge is 0.355 e. The predicted octanol–water partition coefficient (Wildman–Crippen LogP) is 4.64. The molecule has 1 unspecified atom stereocenters. The van der Waals surface area contributed by atoms with Crippen molar-refractivity contribution in [3.05, 3.63) is 104 Å². The zero-order valence-electron chi connectivity index (χ0n) is 31.1. The second kappa shape index (κ2) is 23.1. The van der Waals surface area contributed by atoms with Gasteiger partial charge >= 0.3 is 43.8 Å². The fourth-order valence-corrected chi connectivity index (χ4v) is 5.27.